The van der Waals surface area contributed by atoms with Gasteiger partial charge in [-0.25, -0.2) is 0 Å². The predicted octanol–water partition coefficient (Wildman–Crippen LogP) is 4.08. The summed E-state index contributed by atoms with van der Waals surface area (Å²) < 4.78 is 1.47. The zero-order valence-corrected chi connectivity index (χ0v) is 12.5. The first kappa shape index (κ1) is 13.4. The van der Waals surface area contributed by atoms with Gasteiger partial charge in [0.15, 0.2) is 0 Å². The maximum atomic E-state index is 2.45. The Hall–Kier alpha value is -0.0400. The second-order valence-corrected chi connectivity index (χ2v) is 7.34. The van der Waals surface area contributed by atoms with Gasteiger partial charge in [0, 0.05) is 12.8 Å². The Morgan fingerprint density at radius 2 is 1.18 bits per heavy atom. The summed E-state index contributed by atoms with van der Waals surface area (Å²) in [6.07, 6.45) is 7.40. The summed E-state index contributed by atoms with van der Waals surface area (Å²) in [4.78, 5) is 0. The molecule has 0 bridgehead atoms. The summed E-state index contributed by atoms with van der Waals surface area (Å²) in [7, 11) is 0. The first-order valence-electron chi connectivity index (χ1n) is 7.86. The quantitative estimate of drug-likeness (QED) is 0.636. The SMILES string of the molecule is CC(C)C1(C(C)C)CC[N+]2(CCCCC2)CC1. The van der Waals surface area contributed by atoms with Crippen molar-refractivity contribution in [3.63, 3.8) is 0 Å². The van der Waals surface area contributed by atoms with Gasteiger partial charge in [0.25, 0.3) is 0 Å². The second-order valence-electron chi connectivity index (χ2n) is 7.34. The third-order valence-corrected chi connectivity index (χ3v) is 6.17. The van der Waals surface area contributed by atoms with E-state index in [2.05, 4.69) is 27.7 Å². The minimum Gasteiger partial charge on any atom is -0.324 e. The molecule has 0 radical (unpaired) electrons. The lowest BCUT2D eigenvalue weighted by Gasteiger charge is -2.53. The highest BCUT2D eigenvalue weighted by Crippen LogP contribution is 2.47. The minimum absolute atomic E-state index is 0.640. The highest BCUT2D eigenvalue weighted by Gasteiger charge is 2.46. The summed E-state index contributed by atoms with van der Waals surface area (Å²) in [6, 6.07) is 0. The van der Waals surface area contributed by atoms with Gasteiger partial charge < -0.3 is 4.48 Å². The molecular weight excluding hydrogens is 206 g/mol. The average molecular weight is 238 g/mol. The Morgan fingerprint density at radius 3 is 1.59 bits per heavy atom. The first-order valence-corrected chi connectivity index (χ1v) is 7.86. The van der Waals surface area contributed by atoms with Crippen molar-refractivity contribution in [1.29, 1.82) is 0 Å². The van der Waals surface area contributed by atoms with E-state index < -0.39 is 0 Å². The molecule has 100 valence electrons. The maximum absolute atomic E-state index is 2.45. The number of hydrogen-bond donors (Lipinski definition) is 0. The molecule has 2 aliphatic heterocycles. The monoisotopic (exact) mass is 238 g/mol. The molecule has 0 aliphatic carbocycles. The molecule has 0 saturated carbocycles. The normalized spacial score (nSPS) is 27.9. The number of hydrogen-bond acceptors (Lipinski definition) is 0. The third kappa shape index (κ3) is 2.41. The van der Waals surface area contributed by atoms with Gasteiger partial charge in [-0.15, -0.1) is 0 Å². The summed E-state index contributed by atoms with van der Waals surface area (Å²) in [5.41, 5.74) is 0.640. The van der Waals surface area contributed by atoms with Crippen molar-refractivity contribution < 1.29 is 4.48 Å². The van der Waals surface area contributed by atoms with Gasteiger partial charge >= 0.3 is 0 Å². The lowest BCUT2D eigenvalue weighted by atomic mass is 9.62. The highest BCUT2D eigenvalue weighted by molar-refractivity contribution is 4.88. The average Bonchev–Trinajstić information content (AvgIpc) is 2.30. The van der Waals surface area contributed by atoms with Crippen LogP contribution < -0.4 is 0 Å². The van der Waals surface area contributed by atoms with E-state index in [4.69, 9.17) is 0 Å². The van der Waals surface area contributed by atoms with Crippen LogP contribution in [0.25, 0.3) is 0 Å². The Bertz CT molecular complexity index is 228. The summed E-state index contributed by atoms with van der Waals surface area (Å²) in [6.45, 7) is 15.7. The molecule has 2 fully saturated rings. The zero-order chi connectivity index (χ0) is 12.5. The molecule has 0 N–H and O–H groups in total. The molecule has 1 spiro atoms. The van der Waals surface area contributed by atoms with E-state index in [1.807, 2.05) is 0 Å². The number of rotatable bonds is 2. The first-order chi connectivity index (χ1) is 8.01. The van der Waals surface area contributed by atoms with Crippen LogP contribution in [0.3, 0.4) is 0 Å². The second kappa shape index (κ2) is 4.91. The highest BCUT2D eigenvalue weighted by atomic mass is 15.4. The lowest BCUT2D eigenvalue weighted by molar-refractivity contribution is -0.939. The standard InChI is InChI=1S/C16H32N/c1-14(2)16(15(3)4)8-12-17(13-9-16)10-6-5-7-11-17/h14-15H,5-13H2,1-4H3/q+1. The van der Waals surface area contributed by atoms with Gasteiger partial charge in [-0.3, -0.25) is 0 Å². The minimum atomic E-state index is 0.640. The van der Waals surface area contributed by atoms with Crippen LogP contribution in [-0.2, 0) is 0 Å². The predicted molar refractivity (Wildman–Crippen MR) is 74.9 cm³/mol. The van der Waals surface area contributed by atoms with E-state index in [1.54, 1.807) is 0 Å². The van der Waals surface area contributed by atoms with E-state index in [-0.39, 0.29) is 0 Å². The number of nitrogens with zero attached hydrogens (tertiary/aromatic N) is 1. The lowest BCUT2D eigenvalue weighted by Crippen LogP contribution is -2.59. The smallest absolute Gasteiger partial charge is 0.0792 e. The van der Waals surface area contributed by atoms with E-state index in [9.17, 15) is 0 Å². The summed E-state index contributed by atoms with van der Waals surface area (Å²) >= 11 is 0. The largest absolute Gasteiger partial charge is 0.324 e. The molecule has 1 heteroatoms. The van der Waals surface area contributed by atoms with Gasteiger partial charge in [0.2, 0.25) is 0 Å². The van der Waals surface area contributed by atoms with Crippen LogP contribution in [0.1, 0.15) is 59.8 Å². The Labute approximate surface area is 108 Å². The van der Waals surface area contributed by atoms with Crippen molar-refractivity contribution in [1.82, 2.24) is 0 Å². The number of quaternary nitrogens is 1. The topological polar surface area (TPSA) is 0 Å². The molecule has 0 aromatic rings. The molecule has 2 rings (SSSR count). The van der Waals surface area contributed by atoms with E-state index in [0.29, 0.717) is 5.41 Å². The molecule has 0 aromatic heterocycles. The Morgan fingerprint density at radius 1 is 0.706 bits per heavy atom. The molecule has 17 heavy (non-hydrogen) atoms. The van der Waals surface area contributed by atoms with Gasteiger partial charge in [-0.05, 0) is 36.5 Å². The molecule has 0 aromatic carbocycles. The third-order valence-electron chi connectivity index (χ3n) is 6.17. The van der Waals surface area contributed by atoms with Crippen molar-refractivity contribution in [2.75, 3.05) is 26.2 Å². The maximum Gasteiger partial charge on any atom is 0.0792 e. The van der Waals surface area contributed by atoms with Crippen LogP contribution >= 0.6 is 0 Å². The summed E-state index contributed by atoms with van der Waals surface area (Å²) in [5, 5.41) is 0. The van der Waals surface area contributed by atoms with Crippen molar-refractivity contribution >= 4 is 0 Å². The molecule has 1 nitrogen and oxygen atoms in total. The van der Waals surface area contributed by atoms with Crippen LogP contribution in [0.4, 0.5) is 0 Å². The van der Waals surface area contributed by atoms with Crippen molar-refractivity contribution in [3.8, 4) is 0 Å². The Balaban J connectivity index is 2.04. The van der Waals surface area contributed by atoms with Crippen molar-refractivity contribution in [3.05, 3.63) is 0 Å². The fraction of sp³-hybridized carbons (Fsp3) is 1.00. The van der Waals surface area contributed by atoms with E-state index in [1.165, 1.54) is 62.8 Å². The fourth-order valence-corrected chi connectivity index (χ4v) is 4.58. The molecule has 0 amide bonds. The number of piperidine rings is 2. The molecule has 2 saturated heterocycles. The van der Waals surface area contributed by atoms with Crippen molar-refractivity contribution in [2.45, 2.75) is 59.8 Å². The molecular formula is C16H32N+. The summed E-state index contributed by atoms with van der Waals surface area (Å²) in [5.74, 6) is 1.71. The van der Waals surface area contributed by atoms with Crippen LogP contribution in [-0.4, -0.2) is 30.7 Å². The Kier molecular flexibility index (Phi) is 3.87. The van der Waals surface area contributed by atoms with E-state index >= 15 is 0 Å². The molecule has 0 unspecified atom stereocenters. The van der Waals surface area contributed by atoms with Gasteiger partial charge in [0.1, 0.15) is 0 Å². The van der Waals surface area contributed by atoms with Crippen LogP contribution in [0.15, 0.2) is 0 Å². The van der Waals surface area contributed by atoms with Gasteiger partial charge in [0.05, 0.1) is 26.2 Å². The van der Waals surface area contributed by atoms with Crippen LogP contribution in [0, 0.1) is 17.3 Å². The van der Waals surface area contributed by atoms with Gasteiger partial charge in [-0.2, -0.15) is 0 Å². The zero-order valence-electron chi connectivity index (χ0n) is 12.5. The van der Waals surface area contributed by atoms with Crippen LogP contribution in [0.5, 0.6) is 0 Å². The fourth-order valence-electron chi connectivity index (χ4n) is 4.58. The molecule has 2 aliphatic rings. The van der Waals surface area contributed by atoms with E-state index in [0.717, 1.165) is 11.8 Å². The van der Waals surface area contributed by atoms with Crippen molar-refractivity contribution in [2.24, 2.45) is 17.3 Å². The van der Waals surface area contributed by atoms with Crippen LogP contribution in [0.2, 0.25) is 0 Å². The molecule has 2 heterocycles. The van der Waals surface area contributed by atoms with Gasteiger partial charge in [-0.1, -0.05) is 27.7 Å². The molecule has 0 atom stereocenters.